The Morgan fingerprint density at radius 3 is 2.67 bits per heavy atom. The van der Waals surface area contributed by atoms with Gasteiger partial charge in [0.1, 0.15) is 0 Å². The highest BCUT2D eigenvalue weighted by atomic mass is 35.5. The molecule has 0 aliphatic carbocycles. The van der Waals surface area contributed by atoms with Crippen molar-refractivity contribution in [2.24, 2.45) is 11.8 Å². The van der Waals surface area contributed by atoms with Crippen LogP contribution in [0.2, 0.25) is 5.02 Å². The minimum atomic E-state index is -0.168. The number of hydrogen-bond donors (Lipinski definition) is 3. The molecule has 0 saturated heterocycles. The Labute approximate surface area is 113 Å². The highest BCUT2D eigenvalue weighted by Crippen LogP contribution is 2.20. The molecule has 100 valence electrons. The van der Waals surface area contributed by atoms with Crippen LogP contribution in [0.25, 0.3) is 0 Å². The maximum absolute atomic E-state index is 12.1. The van der Waals surface area contributed by atoms with Gasteiger partial charge in [0, 0.05) is 11.1 Å². The summed E-state index contributed by atoms with van der Waals surface area (Å²) in [6.07, 6.45) is 1.01. The Kier molecular flexibility index (Phi) is 5.44. The van der Waals surface area contributed by atoms with Gasteiger partial charge in [0.25, 0.3) is 5.91 Å². The van der Waals surface area contributed by atoms with Crippen molar-refractivity contribution in [2.45, 2.75) is 33.2 Å². The zero-order valence-corrected chi connectivity index (χ0v) is 11.7. The number of carbonyl (C=O) groups excluding carboxylic acids is 1. The first-order valence-corrected chi connectivity index (χ1v) is 6.44. The van der Waals surface area contributed by atoms with Gasteiger partial charge < -0.3 is 10.7 Å². The molecule has 4 nitrogen and oxygen atoms in total. The Bertz CT molecular complexity index is 423. The van der Waals surface area contributed by atoms with E-state index in [9.17, 15) is 4.79 Å². The van der Waals surface area contributed by atoms with Crippen LogP contribution < -0.4 is 16.6 Å². The minimum Gasteiger partial charge on any atom is -0.349 e. The zero-order valence-electron chi connectivity index (χ0n) is 11.0. The summed E-state index contributed by atoms with van der Waals surface area (Å²) in [7, 11) is 0. The van der Waals surface area contributed by atoms with Crippen LogP contribution in [0, 0.1) is 5.92 Å². The highest BCUT2D eigenvalue weighted by Gasteiger charge is 2.17. The van der Waals surface area contributed by atoms with E-state index in [4.69, 9.17) is 17.4 Å². The first-order chi connectivity index (χ1) is 8.49. The van der Waals surface area contributed by atoms with Crippen molar-refractivity contribution >= 4 is 23.2 Å². The van der Waals surface area contributed by atoms with Crippen molar-refractivity contribution in [3.8, 4) is 0 Å². The highest BCUT2D eigenvalue weighted by molar-refractivity contribution is 6.31. The first kappa shape index (κ1) is 14.8. The largest absolute Gasteiger partial charge is 0.349 e. The molecule has 0 aliphatic heterocycles. The van der Waals surface area contributed by atoms with Crippen LogP contribution in [0.15, 0.2) is 18.2 Å². The van der Waals surface area contributed by atoms with Gasteiger partial charge in [0.2, 0.25) is 0 Å². The molecule has 0 fully saturated rings. The van der Waals surface area contributed by atoms with Gasteiger partial charge in [0.05, 0.1) is 11.3 Å². The second-order valence-electron chi connectivity index (χ2n) is 4.48. The smallest absolute Gasteiger partial charge is 0.253 e. The predicted molar refractivity (Wildman–Crippen MR) is 75.6 cm³/mol. The fraction of sp³-hybridized carbons (Fsp3) is 0.462. The summed E-state index contributed by atoms with van der Waals surface area (Å²) in [5, 5.41) is 3.47. The molecule has 5 heteroatoms. The average molecular weight is 270 g/mol. The topological polar surface area (TPSA) is 67.2 Å². The predicted octanol–water partition coefficient (Wildman–Crippen LogP) is 2.79. The van der Waals surface area contributed by atoms with E-state index >= 15 is 0 Å². The third kappa shape index (κ3) is 3.62. The quantitative estimate of drug-likeness (QED) is 0.569. The Morgan fingerprint density at radius 1 is 1.44 bits per heavy atom. The van der Waals surface area contributed by atoms with Gasteiger partial charge in [-0.3, -0.25) is 10.6 Å². The normalized spacial score (nSPS) is 13.8. The number of nitrogens with two attached hydrogens (primary N) is 1. The second kappa shape index (κ2) is 6.61. The Morgan fingerprint density at radius 2 is 2.11 bits per heavy atom. The van der Waals surface area contributed by atoms with E-state index in [-0.39, 0.29) is 11.9 Å². The molecular formula is C13H20ClN3O. The van der Waals surface area contributed by atoms with Gasteiger partial charge in [-0.2, -0.15) is 0 Å². The molecule has 0 bridgehead atoms. The number of nitrogen functional groups attached to an aromatic ring is 1. The molecule has 0 saturated carbocycles. The van der Waals surface area contributed by atoms with Crippen molar-refractivity contribution in [1.82, 2.24) is 5.32 Å². The van der Waals surface area contributed by atoms with E-state index in [1.54, 1.807) is 18.2 Å². The van der Waals surface area contributed by atoms with Crippen molar-refractivity contribution < 1.29 is 4.79 Å². The number of nitrogens with one attached hydrogen (secondary N) is 2. The number of carbonyl (C=O) groups is 1. The van der Waals surface area contributed by atoms with E-state index in [0.717, 1.165) is 6.42 Å². The van der Waals surface area contributed by atoms with E-state index in [0.29, 0.717) is 22.2 Å². The van der Waals surface area contributed by atoms with E-state index in [2.05, 4.69) is 24.6 Å². The molecule has 0 radical (unpaired) electrons. The van der Waals surface area contributed by atoms with Crippen LogP contribution in [0.1, 0.15) is 37.6 Å². The van der Waals surface area contributed by atoms with Crippen molar-refractivity contribution in [2.75, 3.05) is 5.43 Å². The van der Waals surface area contributed by atoms with Gasteiger partial charge in [-0.15, -0.1) is 0 Å². The zero-order chi connectivity index (χ0) is 13.7. The third-order valence-electron chi connectivity index (χ3n) is 3.24. The van der Waals surface area contributed by atoms with Crippen molar-refractivity contribution in [1.29, 1.82) is 0 Å². The maximum atomic E-state index is 12.1. The number of benzene rings is 1. The number of amides is 1. The van der Waals surface area contributed by atoms with E-state index < -0.39 is 0 Å². The summed E-state index contributed by atoms with van der Waals surface area (Å²) in [5.41, 5.74) is 3.52. The number of halogens is 1. The van der Waals surface area contributed by atoms with E-state index in [1.807, 2.05) is 6.92 Å². The molecule has 1 amide bonds. The molecule has 0 aliphatic rings. The fourth-order valence-corrected chi connectivity index (χ4v) is 1.78. The molecule has 0 aromatic heterocycles. The molecular weight excluding hydrogens is 250 g/mol. The number of anilines is 1. The van der Waals surface area contributed by atoms with Crippen molar-refractivity contribution in [3.63, 3.8) is 0 Å². The summed E-state index contributed by atoms with van der Waals surface area (Å²) in [5.74, 6) is 5.63. The molecule has 1 aromatic rings. The molecule has 0 spiro atoms. The Hall–Kier alpha value is -1.26. The monoisotopic (exact) mass is 269 g/mol. The summed E-state index contributed by atoms with van der Waals surface area (Å²) < 4.78 is 0. The average Bonchev–Trinajstić information content (AvgIpc) is 2.37. The summed E-state index contributed by atoms with van der Waals surface area (Å²) in [6.45, 7) is 6.19. The van der Waals surface area contributed by atoms with Crippen LogP contribution in [-0.2, 0) is 0 Å². The van der Waals surface area contributed by atoms with Crippen LogP contribution in [0.3, 0.4) is 0 Å². The van der Waals surface area contributed by atoms with Gasteiger partial charge in [-0.25, -0.2) is 0 Å². The third-order valence-corrected chi connectivity index (χ3v) is 3.47. The molecule has 0 heterocycles. The summed E-state index contributed by atoms with van der Waals surface area (Å²) in [4.78, 5) is 12.1. The fourth-order valence-electron chi connectivity index (χ4n) is 1.61. The van der Waals surface area contributed by atoms with Gasteiger partial charge in [-0.1, -0.05) is 31.9 Å². The summed E-state index contributed by atoms with van der Waals surface area (Å²) >= 11 is 5.90. The lowest BCUT2D eigenvalue weighted by molar-refractivity contribution is 0.0929. The van der Waals surface area contributed by atoms with Crippen LogP contribution in [-0.4, -0.2) is 11.9 Å². The standard InChI is InChI=1S/C13H20ClN3O/c1-4-8(2)9(3)16-13(18)11-7-10(14)5-6-12(11)17-15/h5-9,17H,4,15H2,1-3H3,(H,16,18). The van der Waals surface area contributed by atoms with Crippen LogP contribution >= 0.6 is 11.6 Å². The Balaban J connectivity index is 2.87. The minimum absolute atomic E-state index is 0.104. The lowest BCUT2D eigenvalue weighted by Gasteiger charge is -2.20. The molecule has 18 heavy (non-hydrogen) atoms. The van der Waals surface area contributed by atoms with Gasteiger partial charge in [0.15, 0.2) is 0 Å². The molecule has 2 unspecified atom stereocenters. The van der Waals surface area contributed by atoms with E-state index in [1.165, 1.54) is 0 Å². The first-order valence-electron chi connectivity index (χ1n) is 6.06. The van der Waals surface area contributed by atoms with Gasteiger partial charge in [-0.05, 0) is 31.0 Å². The van der Waals surface area contributed by atoms with Crippen molar-refractivity contribution in [3.05, 3.63) is 28.8 Å². The van der Waals surface area contributed by atoms with Crippen LogP contribution in [0.5, 0.6) is 0 Å². The number of hydrogen-bond acceptors (Lipinski definition) is 3. The van der Waals surface area contributed by atoms with Gasteiger partial charge >= 0.3 is 0 Å². The molecule has 1 rings (SSSR count). The maximum Gasteiger partial charge on any atom is 0.253 e. The lowest BCUT2D eigenvalue weighted by atomic mass is 10.0. The second-order valence-corrected chi connectivity index (χ2v) is 4.92. The summed E-state index contributed by atoms with van der Waals surface area (Å²) in [6, 6.07) is 5.08. The molecule has 2 atom stereocenters. The number of hydrazine groups is 1. The van der Waals surface area contributed by atoms with Crippen LogP contribution in [0.4, 0.5) is 5.69 Å². The number of rotatable bonds is 5. The molecule has 4 N–H and O–H groups in total. The lowest BCUT2D eigenvalue weighted by Crippen LogP contribution is -2.37. The molecule has 1 aromatic carbocycles. The SMILES string of the molecule is CCC(C)C(C)NC(=O)c1cc(Cl)ccc1NN.